The Morgan fingerprint density at radius 2 is 2.22 bits per heavy atom. The monoisotopic (exact) mass is 268 g/mol. The zero-order valence-electron chi connectivity index (χ0n) is 11.1. The van der Waals surface area contributed by atoms with E-state index in [4.69, 9.17) is 9.73 Å². The molecule has 102 valence electrons. The van der Waals surface area contributed by atoms with Crippen molar-refractivity contribution in [3.63, 3.8) is 0 Å². The van der Waals surface area contributed by atoms with Gasteiger partial charge in [0, 0.05) is 24.9 Å². The summed E-state index contributed by atoms with van der Waals surface area (Å²) in [7, 11) is 0. The Labute approximate surface area is 114 Å². The van der Waals surface area contributed by atoms with Crippen LogP contribution in [0.5, 0.6) is 0 Å². The topological polar surface area (TPSA) is 33.6 Å². The molecular weight excluding hydrogens is 244 g/mol. The molecule has 3 atom stereocenters. The van der Waals surface area contributed by atoms with E-state index >= 15 is 0 Å². The summed E-state index contributed by atoms with van der Waals surface area (Å²) in [6.07, 6.45) is 9.52. The fourth-order valence-electron chi connectivity index (χ4n) is 3.25. The van der Waals surface area contributed by atoms with Crippen molar-refractivity contribution in [3.8, 4) is 0 Å². The third kappa shape index (κ3) is 3.21. The Bertz CT molecular complexity index is 302. The molecule has 4 heteroatoms. The first kappa shape index (κ1) is 12.8. The number of rotatable bonds is 3. The molecule has 3 fully saturated rings. The molecule has 0 aromatic heterocycles. The summed E-state index contributed by atoms with van der Waals surface area (Å²) >= 11 is 1.92. The first-order chi connectivity index (χ1) is 8.92. The van der Waals surface area contributed by atoms with Gasteiger partial charge in [0.1, 0.15) is 0 Å². The van der Waals surface area contributed by atoms with Gasteiger partial charge in [0.25, 0.3) is 0 Å². The van der Waals surface area contributed by atoms with Gasteiger partial charge in [-0.2, -0.15) is 0 Å². The maximum absolute atomic E-state index is 5.74. The number of hydrogen-bond donors (Lipinski definition) is 1. The van der Waals surface area contributed by atoms with Crippen LogP contribution >= 0.6 is 11.8 Å². The number of ether oxygens (including phenoxy) is 1. The number of hydrogen-bond acceptors (Lipinski definition) is 3. The maximum Gasteiger partial charge on any atom is 0.156 e. The lowest BCUT2D eigenvalue weighted by Gasteiger charge is -2.28. The zero-order chi connectivity index (χ0) is 12.2. The van der Waals surface area contributed by atoms with E-state index in [-0.39, 0.29) is 0 Å². The molecule has 1 aliphatic carbocycles. The van der Waals surface area contributed by atoms with Crippen LogP contribution in [0.1, 0.15) is 44.9 Å². The van der Waals surface area contributed by atoms with Crippen molar-refractivity contribution in [1.82, 2.24) is 5.32 Å². The van der Waals surface area contributed by atoms with E-state index in [0.29, 0.717) is 6.10 Å². The fraction of sp³-hybridized carbons (Fsp3) is 0.929. The minimum Gasteiger partial charge on any atom is -0.378 e. The first-order valence-electron chi connectivity index (χ1n) is 7.47. The van der Waals surface area contributed by atoms with Gasteiger partial charge in [-0.1, -0.05) is 18.2 Å². The lowest BCUT2D eigenvalue weighted by Crippen LogP contribution is -2.41. The van der Waals surface area contributed by atoms with Crippen LogP contribution in [-0.2, 0) is 4.74 Å². The summed E-state index contributed by atoms with van der Waals surface area (Å²) in [5.74, 6) is 2.17. The molecule has 3 nitrogen and oxygen atoms in total. The van der Waals surface area contributed by atoms with E-state index in [1.54, 1.807) is 0 Å². The van der Waals surface area contributed by atoms with Gasteiger partial charge in [-0.25, -0.2) is 0 Å². The van der Waals surface area contributed by atoms with Gasteiger partial charge in [-0.05, 0) is 44.4 Å². The quantitative estimate of drug-likeness (QED) is 0.854. The van der Waals surface area contributed by atoms with Gasteiger partial charge >= 0.3 is 0 Å². The molecule has 0 spiro atoms. The third-order valence-electron chi connectivity index (χ3n) is 4.38. The molecule has 3 rings (SSSR count). The molecular formula is C14H24N2OS. The molecule has 0 aromatic carbocycles. The predicted molar refractivity (Wildman–Crippen MR) is 77.2 cm³/mol. The highest BCUT2D eigenvalue weighted by Gasteiger charge is 2.31. The lowest BCUT2D eigenvalue weighted by atomic mass is 10.1. The van der Waals surface area contributed by atoms with Crippen LogP contribution in [0.15, 0.2) is 4.99 Å². The number of thioether (sulfide) groups is 1. The van der Waals surface area contributed by atoms with E-state index in [1.165, 1.54) is 49.4 Å². The van der Waals surface area contributed by atoms with Crippen molar-refractivity contribution in [1.29, 1.82) is 0 Å². The normalized spacial score (nSPS) is 38.4. The van der Waals surface area contributed by atoms with Crippen molar-refractivity contribution in [2.75, 3.05) is 18.9 Å². The van der Waals surface area contributed by atoms with Crippen molar-refractivity contribution in [2.24, 2.45) is 10.9 Å². The molecule has 3 aliphatic rings. The summed E-state index contributed by atoms with van der Waals surface area (Å²) in [5, 5.41) is 4.81. The molecule has 0 amide bonds. The summed E-state index contributed by atoms with van der Waals surface area (Å²) < 4.78 is 5.74. The van der Waals surface area contributed by atoms with E-state index in [0.717, 1.165) is 31.5 Å². The molecule has 2 heterocycles. The van der Waals surface area contributed by atoms with E-state index in [9.17, 15) is 0 Å². The van der Waals surface area contributed by atoms with E-state index in [1.807, 2.05) is 11.8 Å². The largest absolute Gasteiger partial charge is 0.378 e. The highest BCUT2D eigenvalue weighted by molar-refractivity contribution is 8.13. The van der Waals surface area contributed by atoms with Crippen LogP contribution in [-0.4, -0.2) is 36.2 Å². The first-order valence-corrected chi connectivity index (χ1v) is 8.46. The van der Waals surface area contributed by atoms with Crippen LogP contribution in [0.25, 0.3) is 0 Å². The summed E-state index contributed by atoms with van der Waals surface area (Å²) in [6.45, 7) is 1.88. The molecule has 1 N–H and O–H groups in total. The minimum absolute atomic E-state index is 0.468. The highest BCUT2D eigenvalue weighted by atomic mass is 32.2. The smallest absolute Gasteiger partial charge is 0.156 e. The van der Waals surface area contributed by atoms with Crippen LogP contribution in [0.3, 0.4) is 0 Å². The van der Waals surface area contributed by atoms with Crippen LogP contribution < -0.4 is 5.32 Å². The van der Waals surface area contributed by atoms with Gasteiger partial charge in [0.2, 0.25) is 0 Å². The Morgan fingerprint density at radius 3 is 3.11 bits per heavy atom. The summed E-state index contributed by atoms with van der Waals surface area (Å²) in [6, 6.07) is 0.718. The van der Waals surface area contributed by atoms with Crippen molar-refractivity contribution < 1.29 is 4.74 Å². The zero-order valence-corrected chi connectivity index (χ0v) is 11.9. The predicted octanol–water partition coefficient (Wildman–Crippen LogP) is 2.81. The molecule has 1 saturated carbocycles. The van der Waals surface area contributed by atoms with Gasteiger partial charge in [0.15, 0.2) is 5.17 Å². The second kappa shape index (κ2) is 6.29. The van der Waals surface area contributed by atoms with Crippen LogP contribution in [0, 0.1) is 5.92 Å². The Balaban J connectivity index is 1.42. The molecule has 3 unspecified atom stereocenters. The van der Waals surface area contributed by atoms with E-state index < -0.39 is 0 Å². The number of aliphatic imine (C=N–C) groups is 1. The second-order valence-electron chi connectivity index (χ2n) is 5.72. The molecule has 2 aliphatic heterocycles. The summed E-state index contributed by atoms with van der Waals surface area (Å²) in [5.41, 5.74) is 0. The number of fused-ring (bicyclic) bond motifs is 1. The van der Waals surface area contributed by atoms with Crippen LogP contribution in [0.2, 0.25) is 0 Å². The van der Waals surface area contributed by atoms with Crippen LogP contribution in [0.4, 0.5) is 0 Å². The number of amidine groups is 1. The lowest BCUT2D eigenvalue weighted by molar-refractivity contribution is 0.0129. The number of nitrogens with one attached hydrogen (secondary N) is 1. The van der Waals surface area contributed by atoms with Gasteiger partial charge in [-0.15, -0.1) is 0 Å². The Hall–Kier alpha value is -0.220. The highest BCUT2D eigenvalue weighted by Crippen LogP contribution is 2.32. The van der Waals surface area contributed by atoms with Gasteiger partial charge < -0.3 is 10.1 Å². The molecule has 0 aromatic rings. The average Bonchev–Trinajstić information content (AvgIpc) is 2.87. The Morgan fingerprint density at radius 1 is 1.22 bits per heavy atom. The van der Waals surface area contributed by atoms with Crippen molar-refractivity contribution in [2.45, 2.75) is 57.1 Å². The molecule has 0 radical (unpaired) electrons. The standard InChI is InChI=1S/C14H24N2OS/c1-2-9-17-12(5-1)7-8-15-14-16-13-6-3-4-11(13)10-18-14/h11-13H,1-10H2,(H,15,16). The summed E-state index contributed by atoms with van der Waals surface area (Å²) in [4.78, 5) is 4.73. The van der Waals surface area contributed by atoms with Gasteiger partial charge in [-0.3, -0.25) is 4.99 Å². The molecule has 2 saturated heterocycles. The average molecular weight is 268 g/mol. The van der Waals surface area contributed by atoms with Crippen molar-refractivity contribution in [3.05, 3.63) is 0 Å². The fourth-order valence-corrected chi connectivity index (χ4v) is 4.44. The van der Waals surface area contributed by atoms with Crippen molar-refractivity contribution >= 4 is 16.9 Å². The van der Waals surface area contributed by atoms with E-state index in [2.05, 4.69) is 5.32 Å². The second-order valence-corrected chi connectivity index (χ2v) is 6.73. The maximum atomic E-state index is 5.74. The minimum atomic E-state index is 0.468. The number of nitrogens with zero attached hydrogens (tertiary/aromatic N) is 1. The SMILES string of the molecule is C1CCC(CCN=C2NC3CCCC3CS2)OC1. The molecule has 18 heavy (non-hydrogen) atoms. The Kier molecular flexibility index (Phi) is 4.47. The third-order valence-corrected chi connectivity index (χ3v) is 5.50. The van der Waals surface area contributed by atoms with Gasteiger partial charge in [0.05, 0.1) is 6.10 Å². The molecule has 0 bridgehead atoms.